The van der Waals surface area contributed by atoms with E-state index in [1.54, 1.807) is 18.2 Å². The summed E-state index contributed by atoms with van der Waals surface area (Å²) < 4.78 is 5.58. The van der Waals surface area contributed by atoms with Gasteiger partial charge in [0.25, 0.3) is 5.91 Å². The molecule has 7 heteroatoms. The van der Waals surface area contributed by atoms with Crippen LogP contribution in [-0.4, -0.2) is 66.2 Å². The van der Waals surface area contributed by atoms with Crippen LogP contribution < -0.4 is 4.74 Å². The van der Waals surface area contributed by atoms with Gasteiger partial charge in [-0.1, -0.05) is 41.4 Å². The van der Waals surface area contributed by atoms with E-state index in [2.05, 4.69) is 4.90 Å². The number of nitrogens with zero attached hydrogens (tertiary/aromatic N) is 2. The van der Waals surface area contributed by atoms with E-state index in [0.29, 0.717) is 41.0 Å². The second-order valence-corrected chi connectivity index (χ2v) is 7.34. The summed E-state index contributed by atoms with van der Waals surface area (Å²) in [7, 11) is 0. The van der Waals surface area contributed by atoms with Gasteiger partial charge in [-0.2, -0.15) is 0 Å². The average Bonchev–Trinajstić information content (AvgIpc) is 2.68. The molecule has 5 nitrogen and oxygen atoms in total. The zero-order chi connectivity index (χ0) is 19.2. The summed E-state index contributed by atoms with van der Waals surface area (Å²) in [6.45, 7) is 3.35. The molecule has 144 valence electrons. The van der Waals surface area contributed by atoms with Crippen LogP contribution in [0.3, 0.4) is 0 Å². The minimum Gasteiger partial charge on any atom is -0.489 e. The molecule has 1 atom stereocenters. The molecule has 0 aromatic heterocycles. The van der Waals surface area contributed by atoms with Crippen molar-refractivity contribution in [3.05, 3.63) is 64.1 Å². The van der Waals surface area contributed by atoms with Gasteiger partial charge in [-0.15, -0.1) is 0 Å². The van der Waals surface area contributed by atoms with Crippen molar-refractivity contribution in [2.45, 2.75) is 6.10 Å². The van der Waals surface area contributed by atoms with Crippen molar-refractivity contribution >= 4 is 29.1 Å². The number of rotatable bonds is 6. The molecule has 0 bridgehead atoms. The second kappa shape index (κ2) is 9.42. The summed E-state index contributed by atoms with van der Waals surface area (Å²) >= 11 is 11.9. The minimum atomic E-state index is -0.645. The Morgan fingerprint density at radius 2 is 1.78 bits per heavy atom. The molecule has 2 aromatic carbocycles. The number of benzene rings is 2. The van der Waals surface area contributed by atoms with Gasteiger partial charge in [0.05, 0.1) is 5.02 Å². The number of piperazine rings is 1. The Morgan fingerprint density at radius 1 is 1.07 bits per heavy atom. The topological polar surface area (TPSA) is 53.0 Å². The fourth-order valence-electron chi connectivity index (χ4n) is 3.03. The van der Waals surface area contributed by atoms with Gasteiger partial charge in [0.1, 0.15) is 18.5 Å². The van der Waals surface area contributed by atoms with Crippen molar-refractivity contribution in [2.24, 2.45) is 0 Å². The zero-order valence-electron chi connectivity index (χ0n) is 14.9. The Morgan fingerprint density at radius 3 is 2.44 bits per heavy atom. The molecule has 3 rings (SSSR count). The first-order valence-corrected chi connectivity index (χ1v) is 9.61. The number of amides is 1. The van der Waals surface area contributed by atoms with Crippen molar-refractivity contribution in [1.82, 2.24) is 9.80 Å². The predicted octanol–water partition coefficient (Wildman–Crippen LogP) is 3.19. The lowest BCUT2D eigenvalue weighted by Gasteiger charge is -2.35. The van der Waals surface area contributed by atoms with E-state index < -0.39 is 6.10 Å². The summed E-state index contributed by atoms with van der Waals surface area (Å²) in [5.41, 5.74) is 0.708. The van der Waals surface area contributed by atoms with E-state index in [0.717, 1.165) is 13.1 Å². The molecule has 1 saturated heterocycles. The highest BCUT2D eigenvalue weighted by Crippen LogP contribution is 2.27. The molecule has 2 aromatic rings. The molecule has 1 heterocycles. The number of aliphatic hydroxyl groups is 1. The van der Waals surface area contributed by atoms with Gasteiger partial charge in [0.2, 0.25) is 0 Å². The van der Waals surface area contributed by atoms with Crippen LogP contribution in [0.4, 0.5) is 0 Å². The van der Waals surface area contributed by atoms with E-state index >= 15 is 0 Å². The number of halogens is 2. The van der Waals surface area contributed by atoms with Crippen LogP contribution in [0.2, 0.25) is 10.0 Å². The first-order valence-electron chi connectivity index (χ1n) is 8.85. The lowest BCUT2D eigenvalue weighted by Crippen LogP contribution is -2.50. The van der Waals surface area contributed by atoms with Gasteiger partial charge in [-0.3, -0.25) is 9.69 Å². The third-order valence-corrected chi connectivity index (χ3v) is 5.00. The highest BCUT2D eigenvalue weighted by Gasteiger charge is 2.23. The number of hydrogen-bond donors (Lipinski definition) is 1. The van der Waals surface area contributed by atoms with Gasteiger partial charge in [0, 0.05) is 43.3 Å². The maximum absolute atomic E-state index is 12.5. The molecule has 0 spiro atoms. The van der Waals surface area contributed by atoms with Crippen molar-refractivity contribution in [3.8, 4) is 5.75 Å². The maximum Gasteiger partial charge on any atom is 0.253 e. The third-order valence-electron chi connectivity index (χ3n) is 4.47. The van der Waals surface area contributed by atoms with Crippen LogP contribution >= 0.6 is 23.2 Å². The molecule has 1 N–H and O–H groups in total. The highest BCUT2D eigenvalue weighted by molar-refractivity contribution is 6.35. The van der Waals surface area contributed by atoms with Gasteiger partial charge in [-0.05, 0) is 30.3 Å². The first-order chi connectivity index (χ1) is 13.0. The Kier molecular flexibility index (Phi) is 6.96. The molecule has 1 amide bonds. The summed E-state index contributed by atoms with van der Waals surface area (Å²) in [5.74, 6) is 0.551. The molecule has 0 saturated carbocycles. The molecular weight excluding hydrogens is 387 g/mol. The van der Waals surface area contributed by atoms with Crippen LogP contribution in [-0.2, 0) is 0 Å². The predicted molar refractivity (Wildman–Crippen MR) is 107 cm³/mol. The first kappa shape index (κ1) is 20.0. The normalized spacial score (nSPS) is 16.2. The minimum absolute atomic E-state index is 0.0523. The van der Waals surface area contributed by atoms with Crippen LogP contribution in [0.1, 0.15) is 10.4 Å². The van der Waals surface area contributed by atoms with Crippen molar-refractivity contribution in [1.29, 1.82) is 0 Å². The second-order valence-electron chi connectivity index (χ2n) is 6.50. The fourth-order valence-corrected chi connectivity index (χ4v) is 3.49. The van der Waals surface area contributed by atoms with Gasteiger partial charge in [-0.25, -0.2) is 0 Å². The number of aliphatic hydroxyl groups excluding tert-OH is 1. The summed E-state index contributed by atoms with van der Waals surface area (Å²) in [6, 6.07) is 14.3. The van der Waals surface area contributed by atoms with Gasteiger partial charge in [0.15, 0.2) is 0 Å². The van der Waals surface area contributed by atoms with Crippen molar-refractivity contribution in [3.63, 3.8) is 0 Å². The molecule has 1 unspecified atom stereocenters. The highest BCUT2D eigenvalue weighted by atomic mass is 35.5. The quantitative estimate of drug-likeness (QED) is 0.797. The van der Waals surface area contributed by atoms with E-state index in [9.17, 15) is 9.90 Å². The lowest BCUT2D eigenvalue weighted by molar-refractivity contribution is 0.0404. The summed E-state index contributed by atoms with van der Waals surface area (Å²) in [6.07, 6.45) is -0.645. The number of β-amino-alcohol motifs (C(OH)–C–C–N with tert-alkyl or cyclic N) is 1. The van der Waals surface area contributed by atoms with Crippen LogP contribution in [0, 0.1) is 0 Å². The number of hydrogen-bond acceptors (Lipinski definition) is 4. The third kappa shape index (κ3) is 5.59. The Labute approximate surface area is 169 Å². The molecule has 1 fully saturated rings. The van der Waals surface area contributed by atoms with E-state index in [-0.39, 0.29) is 12.5 Å². The monoisotopic (exact) mass is 408 g/mol. The Bertz CT molecular complexity index is 765. The smallest absolute Gasteiger partial charge is 0.253 e. The van der Waals surface area contributed by atoms with Crippen molar-refractivity contribution < 1.29 is 14.6 Å². The largest absolute Gasteiger partial charge is 0.489 e. The summed E-state index contributed by atoms with van der Waals surface area (Å²) in [4.78, 5) is 16.4. The number of carbonyl (C=O) groups is 1. The molecule has 0 aliphatic carbocycles. The van der Waals surface area contributed by atoms with Crippen molar-refractivity contribution in [2.75, 3.05) is 39.3 Å². The van der Waals surface area contributed by atoms with E-state index in [1.807, 2.05) is 35.2 Å². The molecule has 1 aliphatic rings. The van der Waals surface area contributed by atoms with Crippen LogP contribution in [0.25, 0.3) is 0 Å². The molecular formula is C20H22Cl2N2O3. The molecule has 1 aliphatic heterocycles. The molecule has 27 heavy (non-hydrogen) atoms. The van der Waals surface area contributed by atoms with Gasteiger partial charge >= 0.3 is 0 Å². The zero-order valence-corrected chi connectivity index (χ0v) is 16.4. The Balaban J connectivity index is 1.42. The van der Waals surface area contributed by atoms with Crippen LogP contribution in [0.5, 0.6) is 5.75 Å². The van der Waals surface area contributed by atoms with Crippen LogP contribution in [0.15, 0.2) is 48.5 Å². The van der Waals surface area contributed by atoms with E-state index in [4.69, 9.17) is 27.9 Å². The average molecular weight is 409 g/mol. The molecule has 0 radical (unpaired) electrons. The lowest BCUT2D eigenvalue weighted by atomic mass is 10.2. The number of carbonyl (C=O) groups excluding carboxylic acids is 1. The van der Waals surface area contributed by atoms with Gasteiger partial charge < -0.3 is 14.7 Å². The van der Waals surface area contributed by atoms with E-state index in [1.165, 1.54) is 0 Å². The summed E-state index contributed by atoms with van der Waals surface area (Å²) in [5, 5.41) is 11.2. The standard InChI is InChI=1S/C20H22Cl2N2O3/c21-16-6-7-19(18(22)12-16)27-14-17(25)13-23-8-10-24(11-9-23)20(26)15-4-2-1-3-5-15/h1-7,12,17,25H,8-11,13-14H2. The fraction of sp³-hybridized carbons (Fsp3) is 0.350. The maximum atomic E-state index is 12.5. The Hall–Kier alpha value is -1.79. The SMILES string of the molecule is O=C(c1ccccc1)N1CCN(CC(O)COc2ccc(Cl)cc2Cl)CC1. The number of ether oxygens (including phenoxy) is 1.